The molecule has 0 radical (unpaired) electrons. The summed E-state index contributed by atoms with van der Waals surface area (Å²) < 4.78 is 4.80. The summed E-state index contributed by atoms with van der Waals surface area (Å²) in [6.45, 7) is 0.733. The molecule has 0 bridgehead atoms. The van der Waals surface area contributed by atoms with Crippen molar-refractivity contribution in [1.82, 2.24) is 0 Å². The molecule has 27 heavy (non-hydrogen) atoms. The molecule has 5 rings (SSSR count). The average molecular weight is 421 g/mol. The maximum atomic E-state index is 4.80. The highest BCUT2D eigenvalue weighted by Gasteiger charge is 2.22. The minimum absolute atomic E-state index is 0.720. The van der Waals surface area contributed by atoms with Crippen molar-refractivity contribution in [3.05, 3.63) is 84.1 Å². The highest BCUT2D eigenvalue weighted by Crippen LogP contribution is 2.40. The second-order valence-corrected chi connectivity index (χ2v) is 7.97. The van der Waals surface area contributed by atoms with Gasteiger partial charge < -0.3 is 4.74 Å². The monoisotopic (exact) mass is 420 g/mol. The van der Waals surface area contributed by atoms with E-state index in [2.05, 4.69) is 64.5 Å². The Labute approximate surface area is 169 Å². The lowest BCUT2D eigenvalue weighted by molar-refractivity contribution is 0.286. The first kappa shape index (κ1) is 18.3. The maximum absolute atomic E-state index is 4.80. The fourth-order valence-corrected chi connectivity index (χ4v) is 4.86. The molecule has 0 aromatic heterocycles. The van der Waals surface area contributed by atoms with Gasteiger partial charge in [-0.15, -0.1) is 0 Å². The fraction of sp³-hybridized carbons (Fsp3) is 0.280. The summed E-state index contributed by atoms with van der Waals surface area (Å²) in [6, 6.07) is 18.1. The molecule has 0 saturated carbocycles. The Morgan fingerprint density at radius 2 is 1.81 bits per heavy atom. The van der Waals surface area contributed by atoms with Crippen LogP contribution in [0.15, 0.2) is 73.0 Å². The van der Waals surface area contributed by atoms with Crippen LogP contribution in [0, 0.1) is 0 Å². The van der Waals surface area contributed by atoms with Crippen LogP contribution < -0.4 is 0 Å². The van der Waals surface area contributed by atoms with Crippen LogP contribution in [0.2, 0.25) is 0 Å². The fourth-order valence-electron chi connectivity index (χ4n) is 4.31. The van der Waals surface area contributed by atoms with Crippen molar-refractivity contribution in [2.75, 3.05) is 11.9 Å². The first-order valence-corrected chi connectivity index (χ1v) is 10.9. The van der Waals surface area contributed by atoms with Crippen molar-refractivity contribution < 1.29 is 4.74 Å². The Morgan fingerprint density at radius 3 is 2.56 bits per heavy atom. The molecule has 0 N–H and O–H groups in total. The van der Waals surface area contributed by atoms with E-state index in [0.717, 1.165) is 17.9 Å². The van der Waals surface area contributed by atoms with Gasteiger partial charge in [0, 0.05) is 5.33 Å². The zero-order valence-corrected chi connectivity index (χ0v) is 17.1. The molecule has 1 heterocycles. The Balaban J connectivity index is 0.000000257. The third-order valence-corrected chi connectivity index (χ3v) is 5.99. The summed E-state index contributed by atoms with van der Waals surface area (Å²) in [6.07, 6.45) is 12.6. The zero-order valence-electron chi connectivity index (χ0n) is 15.5. The van der Waals surface area contributed by atoms with E-state index in [-0.39, 0.29) is 0 Å². The summed E-state index contributed by atoms with van der Waals surface area (Å²) in [4.78, 5) is 0. The van der Waals surface area contributed by atoms with E-state index in [4.69, 9.17) is 4.74 Å². The number of ether oxygens (including phenoxy) is 1. The maximum Gasteiger partial charge on any atom is 0.106 e. The van der Waals surface area contributed by atoms with Crippen molar-refractivity contribution in [1.29, 1.82) is 0 Å². The SMILES string of the molecule is BrCCC1CCCc2ccc3c(ccc4ccccc43)c21.C1=CCOC=C1. The van der Waals surface area contributed by atoms with Crippen LogP contribution in [0.4, 0.5) is 0 Å². The summed E-state index contributed by atoms with van der Waals surface area (Å²) in [7, 11) is 0. The third kappa shape index (κ3) is 3.96. The van der Waals surface area contributed by atoms with Gasteiger partial charge in [-0.3, -0.25) is 0 Å². The molecular formula is C25H25BrO. The molecule has 0 saturated heterocycles. The van der Waals surface area contributed by atoms with Crippen molar-refractivity contribution in [3.63, 3.8) is 0 Å². The van der Waals surface area contributed by atoms with Crippen molar-refractivity contribution in [3.8, 4) is 0 Å². The van der Waals surface area contributed by atoms with Gasteiger partial charge in [0.1, 0.15) is 6.61 Å². The first-order valence-electron chi connectivity index (χ1n) is 9.81. The molecule has 138 valence electrons. The Bertz CT molecular complexity index is 974. The summed E-state index contributed by atoms with van der Waals surface area (Å²) >= 11 is 3.64. The topological polar surface area (TPSA) is 9.23 Å². The molecule has 2 heteroatoms. The van der Waals surface area contributed by atoms with Crippen LogP contribution in [0.1, 0.15) is 36.3 Å². The van der Waals surface area contributed by atoms with E-state index in [1.54, 1.807) is 17.4 Å². The minimum Gasteiger partial charge on any atom is -0.497 e. The van der Waals surface area contributed by atoms with E-state index >= 15 is 0 Å². The molecule has 2 aliphatic rings. The highest BCUT2D eigenvalue weighted by molar-refractivity contribution is 9.09. The van der Waals surface area contributed by atoms with Crippen molar-refractivity contribution in [2.24, 2.45) is 0 Å². The van der Waals surface area contributed by atoms with Gasteiger partial charge in [-0.25, -0.2) is 0 Å². The number of alkyl halides is 1. The van der Waals surface area contributed by atoms with E-state index in [1.165, 1.54) is 47.2 Å². The predicted octanol–water partition coefficient (Wildman–Crippen LogP) is 7.28. The third-order valence-electron chi connectivity index (χ3n) is 5.54. The Morgan fingerprint density at radius 1 is 0.926 bits per heavy atom. The van der Waals surface area contributed by atoms with Gasteiger partial charge in [-0.1, -0.05) is 70.5 Å². The van der Waals surface area contributed by atoms with Crippen LogP contribution in [0.5, 0.6) is 0 Å². The number of aryl methyl sites for hydroxylation is 1. The lowest BCUT2D eigenvalue weighted by Gasteiger charge is -2.27. The number of allylic oxidation sites excluding steroid dienone is 2. The van der Waals surface area contributed by atoms with Gasteiger partial charge >= 0.3 is 0 Å². The first-order chi connectivity index (χ1) is 13.4. The second-order valence-electron chi connectivity index (χ2n) is 7.18. The normalized spacial score (nSPS) is 17.9. The number of fused-ring (bicyclic) bond motifs is 5. The van der Waals surface area contributed by atoms with Crippen molar-refractivity contribution in [2.45, 2.75) is 31.6 Å². The van der Waals surface area contributed by atoms with E-state index in [0.29, 0.717) is 0 Å². The van der Waals surface area contributed by atoms with Gasteiger partial charge in [0.05, 0.1) is 6.26 Å². The molecule has 0 fully saturated rings. The van der Waals surface area contributed by atoms with E-state index < -0.39 is 0 Å². The number of rotatable bonds is 2. The van der Waals surface area contributed by atoms with Crippen LogP contribution in [0.3, 0.4) is 0 Å². The number of halogens is 1. The van der Waals surface area contributed by atoms with Crippen LogP contribution >= 0.6 is 15.9 Å². The standard InChI is InChI=1S/C20H19Br.C5H6O/c21-13-12-16-6-3-5-15-9-10-18-17-7-2-1-4-14(17)8-11-19(18)20(15)16;1-2-4-6-5-3-1/h1-2,4,7-11,16H,3,5-6,12-13H2;1-4H,5H2. The Hall–Kier alpha value is -2.06. The number of benzene rings is 3. The number of hydrogen-bond acceptors (Lipinski definition) is 1. The van der Waals surface area contributed by atoms with Gasteiger partial charge in [0.15, 0.2) is 0 Å². The molecule has 1 atom stereocenters. The lowest BCUT2D eigenvalue weighted by atomic mass is 9.78. The molecule has 3 aromatic rings. The molecule has 1 aliphatic carbocycles. The molecule has 1 unspecified atom stereocenters. The minimum atomic E-state index is 0.720. The highest BCUT2D eigenvalue weighted by atomic mass is 79.9. The van der Waals surface area contributed by atoms with Crippen LogP contribution in [-0.4, -0.2) is 11.9 Å². The molecule has 0 spiro atoms. The molecular weight excluding hydrogens is 396 g/mol. The number of hydrogen-bond donors (Lipinski definition) is 0. The lowest BCUT2D eigenvalue weighted by Crippen LogP contribution is -2.11. The Kier molecular flexibility index (Phi) is 5.94. The summed E-state index contributed by atoms with van der Waals surface area (Å²) in [5.41, 5.74) is 3.21. The van der Waals surface area contributed by atoms with Gasteiger partial charge in [0.25, 0.3) is 0 Å². The zero-order chi connectivity index (χ0) is 18.5. The largest absolute Gasteiger partial charge is 0.497 e. The summed E-state index contributed by atoms with van der Waals surface area (Å²) in [5.74, 6) is 0.720. The molecule has 1 nitrogen and oxygen atoms in total. The van der Waals surface area contributed by atoms with Gasteiger partial charge in [-0.05, 0) is 76.4 Å². The molecule has 0 amide bonds. The predicted molar refractivity (Wildman–Crippen MR) is 120 cm³/mol. The van der Waals surface area contributed by atoms with Crippen LogP contribution in [0.25, 0.3) is 21.5 Å². The van der Waals surface area contributed by atoms with Crippen LogP contribution in [-0.2, 0) is 11.2 Å². The van der Waals surface area contributed by atoms with E-state index in [1.807, 2.05) is 18.2 Å². The average Bonchev–Trinajstić information content (AvgIpc) is 2.75. The van der Waals surface area contributed by atoms with E-state index in [9.17, 15) is 0 Å². The smallest absolute Gasteiger partial charge is 0.106 e. The van der Waals surface area contributed by atoms with Gasteiger partial charge in [0.2, 0.25) is 0 Å². The second kappa shape index (κ2) is 8.75. The summed E-state index contributed by atoms with van der Waals surface area (Å²) in [5, 5.41) is 6.74. The van der Waals surface area contributed by atoms with Gasteiger partial charge in [-0.2, -0.15) is 0 Å². The molecule has 3 aromatic carbocycles. The molecule has 1 aliphatic heterocycles. The quantitative estimate of drug-likeness (QED) is 0.312. The van der Waals surface area contributed by atoms with Crippen molar-refractivity contribution >= 4 is 37.5 Å².